The molecule has 2 heteroatoms. The van der Waals surface area contributed by atoms with Crippen LogP contribution in [0.3, 0.4) is 0 Å². The van der Waals surface area contributed by atoms with E-state index < -0.39 is 0 Å². The second-order valence-corrected chi connectivity index (χ2v) is 5.63. The van der Waals surface area contributed by atoms with Crippen molar-refractivity contribution < 1.29 is 0 Å². The average molecular weight is 230 g/mol. The van der Waals surface area contributed by atoms with Gasteiger partial charge in [-0.05, 0) is 31.2 Å². The molecule has 0 saturated carbocycles. The SMILES string of the molecule is NC1C[C@@H]2CCC[C@@H](C1)N2Cc1ccccc1. The van der Waals surface area contributed by atoms with Gasteiger partial charge < -0.3 is 5.73 Å². The Bertz CT molecular complexity index is 348. The fourth-order valence-corrected chi connectivity index (χ4v) is 3.57. The minimum atomic E-state index is 0.442. The number of hydrogen-bond acceptors (Lipinski definition) is 2. The zero-order valence-electron chi connectivity index (χ0n) is 10.4. The van der Waals surface area contributed by atoms with Gasteiger partial charge in [-0.3, -0.25) is 4.90 Å². The summed E-state index contributed by atoms with van der Waals surface area (Å²) in [5, 5.41) is 0. The normalized spacial score (nSPS) is 33.6. The second-order valence-electron chi connectivity index (χ2n) is 5.63. The van der Waals surface area contributed by atoms with Gasteiger partial charge in [0.25, 0.3) is 0 Å². The van der Waals surface area contributed by atoms with Gasteiger partial charge in [-0.1, -0.05) is 36.8 Å². The van der Waals surface area contributed by atoms with Crippen LogP contribution in [0, 0.1) is 0 Å². The first-order chi connectivity index (χ1) is 8.33. The van der Waals surface area contributed by atoms with Crippen molar-refractivity contribution in [2.75, 3.05) is 0 Å². The molecule has 2 atom stereocenters. The Morgan fingerprint density at radius 1 is 1.06 bits per heavy atom. The molecule has 2 N–H and O–H groups in total. The van der Waals surface area contributed by atoms with Gasteiger partial charge in [0, 0.05) is 24.7 Å². The summed E-state index contributed by atoms with van der Waals surface area (Å²) >= 11 is 0. The van der Waals surface area contributed by atoms with E-state index in [-0.39, 0.29) is 0 Å². The van der Waals surface area contributed by atoms with Crippen molar-refractivity contribution in [1.29, 1.82) is 0 Å². The van der Waals surface area contributed by atoms with E-state index >= 15 is 0 Å². The Labute approximate surface area is 104 Å². The molecule has 3 rings (SSSR count). The third-order valence-electron chi connectivity index (χ3n) is 4.37. The van der Waals surface area contributed by atoms with E-state index in [0.717, 1.165) is 18.6 Å². The third-order valence-corrected chi connectivity index (χ3v) is 4.37. The van der Waals surface area contributed by atoms with Crippen LogP contribution in [0.25, 0.3) is 0 Å². The molecule has 1 aromatic carbocycles. The third kappa shape index (κ3) is 2.38. The maximum Gasteiger partial charge on any atom is 0.0239 e. The van der Waals surface area contributed by atoms with Crippen molar-refractivity contribution >= 4 is 0 Å². The van der Waals surface area contributed by atoms with Crippen LogP contribution in [0.4, 0.5) is 0 Å². The van der Waals surface area contributed by atoms with Gasteiger partial charge in [0.2, 0.25) is 0 Å². The van der Waals surface area contributed by atoms with Crippen molar-refractivity contribution in [2.24, 2.45) is 5.73 Å². The number of hydrogen-bond donors (Lipinski definition) is 1. The first kappa shape index (κ1) is 11.2. The summed E-state index contributed by atoms with van der Waals surface area (Å²) in [5.41, 5.74) is 7.60. The molecule has 2 heterocycles. The Hall–Kier alpha value is -0.860. The van der Waals surface area contributed by atoms with Crippen LogP contribution in [0.1, 0.15) is 37.7 Å². The predicted octanol–water partition coefficient (Wildman–Crippen LogP) is 2.53. The number of benzene rings is 1. The van der Waals surface area contributed by atoms with Crippen molar-refractivity contribution in [3.63, 3.8) is 0 Å². The predicted molar refractivity (Wildman–Crippen MR) is 70.6 cm³/mol. The minimum Gasteiger partial charge on any atom is -0.328 e. The summed E-state index contributed by atoms with van der Waals surface area (Å²) in [6, 6.07) is 12.8. The Kier molecular flexibility index (Phi) is 3.17. The average Bonchev–Trinajstić information content (AvgIpc) is 2.32. The van der Waals surface area contributed by atoms with Gasteiger partial charge in [0.1, 0.15) is 0 Å². The number of fused-ring (bicyclic) bond motifs is 2. The smallest absolute Gasteiger partial charge is 0.0239 e. The van der Waals surface area contributed by atoms with Gasteiger partial charge in [0.05, 0.1) is 0 Å². The molecule has 2 aliphatic heterocycles. The quantitative estimate of drug-likeness (QED) is 0.846. The molecule has 0 radical (unpaired) electrons. The maximum atomic E-state index is 6.15. The minimum absolute atomic E-state index is 0.442. The highest BCUT2D eigenvalue weighted by Crippen LogP contribution is 2.34. The summed E-state index contributed by atoms with van der Waals surface area (Å²) < 4.78 is 0. The van der Waals surface area contributed by atoms with Crippen LogP contribution in [0.2, 0.25) is 0 Å². The van der Waals surface area contributed by atoms with E-state index in [1.807, 2.05) is 0 Å². The van der Waals surface area contributed by atoms with Crippen molar-refractivity contribution in [1.82, 2.24) is 4.90 Å². The van der Waals surface area contributed by atoms with Crippen LogP contribution in [0.15, 0.2) is 30.3 Å². The molecule has 92 valence electrons. The number of nitrogens with zero attached hydrogens (tertiary/aromatic N) is 1. The molecular formula is C15H22N2. The molecule has 0 amide bonds. The summed E-state index contributed by atoms with van der Waals surface area (Å²) in [7, 11) is 0. The zero-order valence-corrected chi connectivity index (χ0v) is 10.4. The molecule has 2 aliphatic rings. The number of nitrogens with two attached hydrogens (primary N) is 1. The Balaban J connectivity index is 1.74. The second kappa shape index (κ2) is 4.79. The number of rotatable bonds is 2. The summed E-state index contributed by atoms with van der Waals surface area (Å²) in [4.78, 5) is 2.71. The fraction of sp³-hybridized carbons (Fsp3) is 0.600. The molecule has 0 unspecified atom stereocenters. The lowest BCUT2D eigenvalue weighted by Gasteiger charge is -2.48. The summed E-state index contributed by atoms with van der Waals surface area (Å²) in [6.45, 7) is 1.11. The first-order valence-electron chi connectivity index (χ1n) is 6.88. The van der Waals surface area contributed by atoms with E-state index in [4.69, 9.17) is 5.73 Å². The molecule has 1 aromatic rings. The van der Waals surface area contributed by atoms with Gasteiger partial charge in [-0.25, -0.2) is 0 Å². The lowest BCUT2D eigenvalue weighted by atomic mass is 9.82. The Morgan fingerprint density at radius 2 is 1.71 bits per heavy atom. The molecule has 0 aromatic heterocycles. The highest BCUT2D eigenvalue weighted by Gasteiger charge is 2.36. The lowest BCUT2D eigenvalue weighted by Crippen LogP contribution is -2.54. The molecule has 2 fully saturated rings. The van der Waals surface area contributed by atoms with Crippen LogP contribution in [0.5, 0.6) is 0 Å². The van der Waals surface area contributed by atoms with Crippen LogP contribution in [-0.2, 0) is 6.54 Å². The summed E-state index contributed by atoms with van der Waals surface area (Å²) in [6.07, 6.45) is 6.48. The molecule has 2 saturated heterocycles. The molecule has 17 heavy (non-hydrogen) atoms. The topological polar surface area (TPSA) is 29.3 Å². The van der Waals surface area contributed by atoms with Crippen LogP contribution in [-0.4, -0.2) is 23.0 Å². The van der Waals surface area contributed by atoms with Gasteiger partial charge in [-0.2, -0.15) is 0 Å². The highest BCUT2D eigenvalue weighted by molar-refractivity contribution is 5.15. The van der Waals surface area contributed by atoms with E-state index in [9.17, 15) is 0 Å². The van der Waals surface area contributed by atoms with E-state index in [2.05, 4.69) is 35.2 Å². The molecule has 2 bridgehead atoms. The number of piperidine rings is 2. The van der Waals surface area contributed by atoms with Gasteiger partial charge in [-0.15, -0.1) is 0 Å². The molecule has 2 nitrogen and oxygen atoms in total. The largest absolute Gasteiger partial charge is 0.328 e. The van der Waals surface area contributed by atoms with Crippen molar-refractivity contribution in [3.8, 4) is 0 Å². The van der Waals surface area contributed by atoms with Crippen molar-refractivity contribution in [3.05, 3.63) is 35.9 Å². The van der Waals surface area contributed by atoms with Gasteiger partial charge in [0.15, 0.2) is 0 Å². The zero-order chi connectivity index (χ0) is 11.7. The molecule has 0 aliphatic carbocycles. The van der Waals surface area contributed by atoms with E-state index in [0.29, 0.717) is 6.04 Å². The van der Waals surface area contributed by atoms with E-state index in [1.54, 1.807) is 0 Å². The first-order valence-corrected chi connectivity index (χ1v) is 6.88. The van der Waals surface area contributed by atoms with Gasteiger partial charge >= 0.3 is 0 Å². The summed E-state index contributed by atoms with van der Waals surface area (Å²) in [5.74, 6) is 0. The van der Waals surface area contributed by atoms with Crippen LogP contribution >= 0.6 is 0 Å². The molecular weight excluding hydrogens is 208 g/mol. The molecule has 0 spiro atoms. The highest BCUT2D eigenvalue weighted by atomic mass is 15.2. The Morgan fingerprint density at radius 3 is 2.35 bits per heavy atom. The van der Waals surface area contributed by atoms with Crippen molar-refractivity contribution in [2.45, 2.75) is 56.8 Å². The maximum absolute atomic E-state index is 6.15. The van der Waals surface area contributed by atoms with E-state index in [1.165, 1.54) is 37.7 Å². The standard InChI is InChI=1S/C15H22N2/c16-13-9-14-7-4-8-15(10-13)17(14)11-12-5-2-1-3-6-12/h1-3,5-6,13-15H,4,7-11,16H2/t14-,15-/m0/s1. The fourth-order valence-electron chi connectivity index (χ4n) is 3.57. The lowest BCUT2D eigenvalue weighted by molar-refractivity contribution is 0.0245. The van der Waals surface area contributed by atoms with Crippen LogP contribution < -0.4 is 5.73 Å². The monoisotopic (exact) mass is 230 g/mol.